The molecule has 0 aromatic carbocycles. The normalized spacial score (nSPS) is 15.1. The summed E-state index contributed by atoms with van der Waals surface area (Å²) < 4.78 is 9.13. The summed E-state index contributed by atoms with van der Waals surface area (Å²) in [5.74, 6) is -0.479. The molecule has 14 heavy (non-hydrogen) atoms. The summed E-state index contributed by atoms with van der Waals surface area (Å²) in [4.78, 5) is 15.1. The van der Waals surface area contributed by atoms with Crippen LogP contribution in [-0.2, 0) is 15.1 Å². The zero-order valence-corrected chi connectivity index (χ0v) is 9.09. The number of aromatic nitrogens is 2. The minimum atomic E-state index is -1.37. The molecule has 0 aliphatic carbocycles. The predicted octanol–water partition coefficient (Wildman–Crippen LogP) is 1.18. The molecule has 0 saturated heterocycles. The molecule has 0 aliphatic heterocycles. The maximum atomic E-state index is 11.0. The van der Waals surface area contributed by atoms with E-state index in [-0.39, 0.29) is 0 Å². The monoisotopic (exact) mass is 216 g/mol. The number of carboxylic acids is 1. The van der Waals surface area contributed by atoms with Crippen LogP contribution in [0.2, 0.25) is 0 Å². The molecular weight excluding hydrogens is 204 g/mol. The number of nitrogens with zero attached hydrogens (tertiary/aromatic N) is 2. The number of carboxylic acid groups (broad SMARTS) is 1. The van der Waals surface area contributed by atoms with Gasteiger partial charge < -0.3 is 9.84 Å². The number of aliphatic carboxylic acids is 1. The van der Waals surface area contributed by atoms with Gasteiger partial charge in [-0.1, -0.05) is 0 Å². The van der Waals surface area contributed by atoms with Crippen LogP contribution in [0, 0.1) is 6.92 Å². The molecule has 0 fully saturated rings. The van der Waals surface area contributed by atoms with Gasteiger partial charge in [0.1, 0.15) is 5.82 Å². The van der Waals surface area contributed by atoms with E-state index in [1.54, 1.807) is 13.8 Å². The van der Waals surface area contributed by atoms with Gasteiger partial charge in [-0.05, 0) is 32.3 Å². The highest BCUT2D eigenvalue weighted by Gasteiger charge is 2.39. The Morgan fingerprint density at radius 2 is 2.36 bits per heavy atom. The SMILES string of the molecule is CCOC(C)(C(=O)O)c1nc(C)ns1. The van der Waals surface area contributed by atoms with E-state index in [4.69, 9.17) is 9.84 Å². The maximum Gasteiger partial charge on any atom is 0.342 e. The highest BCUT2D eigenvalue weighted by atomic mass is 32.1. The van der Waals surface area contributed by atoms with E-state index < -0.39 is 11.6 Å². The largest absolute Gasteiger partial charge is 0.479 e. The molecule has 1 unspecified atom stereocenters. The van der Waals surface area contributed by atoms with Crippen molar-refractivity contribution in [3.63, 3.8) is 0 Å². The molecule has 0 amide bonds. The van der Waals surface area contributed by atoms with Crippen molar-refractivity contribution in [2.75, 3.05) is 6.61 Å². The third-order valence-electron chi connectivity index (χ3n) is 1.78. The van der Waals surface area contributed by atoms with Gasteiger partial charge in [0.2, 0.25) is 5.60 Å². The second kappa shape index (κ2) is 4.02. The van der Waals surface area contributed by atoms with Crippen molar-refractivity contribution in [2.45, 2.75) is 26.4 Å². The number of rotatable bonds is 4. The van der Waals surface area contributed by atoms with Gasteiger partial charge in [-0.15, -0.1) is 0 Å². The number of aryl methyl sites for hydroxylation is 1. The van der Waals surface area contributed by atoms with E-state index in [2.05, 4.69) is 9.36 Å². The van der Waals surface area contributed by atoms with E-state index in [1.165, 1.54) is 6.92 Å². The predicted molar refractivity (Wildman–Crippen MR) is 51.3 cm³/mol. The molecule has 0 spiro atoms. The van der Waals surface area contributed by atoms with Gasteiger partial charge in [-0.3, -0.25) is 0 Å². The molecule has 0 bridgehead atoms. The summed E-state index contributed by atoms with van der Waals surface area (Å²) in [5.41, 5.74) is -1.37. The zero-order chi connectivity index (χ0) is 10.8. The molecule has 0 radical (unpaired) electrons. The van der Waals surface area contributed by atoms with Crippen molar-refractivity contribution in [3.05, 3.63) is 10.8 Å². The van der Waals surface area contributed by atoms with Crippen molar-refractivity contribution in [2.24, 2.45) is 0 Å². The zero-order valence-electron chi connectivity index (χ0n) is 8.27. The Balaban J connectivity index is 3.05. The lowest BCUT2D eigenvalue weighted by atomic mass is 10.1. The molecule has 0 aliphatic rings. The third-order valence-corrected chi connectivity index (χ3v) is 2.79. The highest BCUT2D eigenvalue weighted by Crippen LogP contribution is 2.26. The van der Waals surface area contributed by atoms with Gasteiger partial charge in [0.05, 0.1) is 0 Å². The van der Waals surface area contributed by atoms with Gasteiger partial charge in [0.25, 0.3) is 0 Å². The Morgan fingerprint density at radius 3 is 2.71 bits per heavy atom. The Bertz CT molecular complexity index is 339. The number of ether oxygens (including phenoxy) is 1. The van der Waals surface area contributed by atoms with Crippen molar-refractivity contribution in [3.8, 4) is 0 Å². The first-order valence-electron chi connectivity index (χ1n) is 4.19. The molecule has 1 N–H and O–H groups in total. The first-order valence-corrected chi connectivity index (χ1v) is 4.96. The van der Waals surface area contributed by atoms with Crippen LogP contribution in [0.1, 0.15) is 24.7 Å². The summed E-state index contributed by atoms with van der Waals surface area (Å²) >= 11 is 1.06. The standard InChI is InChI=1S/C8H12N2O3S/c1-4-13-8(3,7(11)12)6-9-5(2)10-14-6/h4H2,1-3H3,(H,11,12). The molecule has 78 valence electrons. The van der Waals surface area contributed by atoms with Crippen LogP contribution in [0.4, 0.5) is 0 Å². The van der Waals surface area contributed by atoms with Crippen LogP contribution < -0.4 is 0 Å². The third kappa shape index (κ3) is 1.91. The van der Waals surface area contributed by atoms with Crippen molar-refractivity contribution >= 4 is 17.5 Å². The summed E-state index contributed by atoms with van der Waals surface area (Å²) in [6.07, 6.45) is 0. The van der Waals surface area contributed by atoms with Crippen LogP contribution in [0.5, 0.6) is 0 Å². The van der Waals surface area contributed by atoms with Gasteiger partial charge >= 0.3 is 5.97 Å². The average molecular weight is 216 g/mol. The van der Waals surface area contributed by atoms with Gasteiger partial charge in [-0.25, -0.2) is 9.78 Å². The lowest BCUT2D eigenvalue weighted by Crippen LogP contribution is -2.35. The fourth-order valence-electron chi connectivity index (χ4n) is 0.994. The molecule has 1 aromatic heterocycles. The quantitative estimate of drug-likeness (QED) is 0.818. The van der Waals surface area contributed by atoms with Crippen LogP contribution in [-0.4, -0.2) is 27.0 Å². The summed E-state index contributed by atoms with van der Waals surface area (Å²) in [5, 5.41) is 9.42. The van der Waals surface area contributed by atoms with Crippen molar-refractivity contribution in [1.29, 1.82) is 0 Å². The molecule has 6 heteroatoms. The van der Waals surface area contributed by atoms with Crippen LogP contribution in [0.15, 0.2) is 0 Å². The van der Waals surface area contributed by atoms with E-state index in [0.29, 0.717) is 17.4 Å². The fourth-order valence-corrected chi connectivity index (χ4v) is 1.75. The van der Waals surface area contributed by atoms with E-state index >= 15 is 0 Å². The average Bonchev–Trinajstić information content (AvgIpc) is 2.52. The minimum Gasteiger partial charge on any atom is -0.479 e. The van der Waals surface area contributed by atoms with E-state index in [9.17, 15) is 4.79 Å². The van der Waals surface area contributed by atoms with E-state index in [1.807, 2.05) is 0 Å². The van der Waals surface area contributed by atoms with Crippen LogP contribution in [0.3, 0.4) is 0 Å². The first kappa shape index (κ1) is 11.1. The van der Waals surface area contributed by atoms with E-state index in [0.717, 1.165) is 11.5 Å². The number of carbonyl (C=O) groups is 1. The smallest absolute Gasteiger partial charge is 0.342 e. The van der Waals surface area contributed by atoms with Gasteiger partial charge in [0.15, 0.2) is 5.01 Å². The summed E-state index contributed by atoms with van der Waals surface area (Å²) in [6.45, 7) is 5.27. The second-order valence-corrected chi connectivity index (χ2v) is 3.67. The molecule has 0 saturated carbocycles. The molecule has 5 nitrogen and oxygen atoms in total. The Labute approximate surface area is 85.9 Å². The maximum absolute atomic E-state index is 11.0. The molecule has 1 heterocycles. The first-order chi connectivity index (χ1) is 6.50. The Morgan fingerprint density at radius 1 is 1.71 bits per heavy atom. The molecule has 1 rings (SSSR count). The Hall–Kier alpha value is -1.01. The van der Waals surface area contributed by atoms with Gasteiger partial charge in [-0.2, -0.15) is 4.37 Å². The van der Waals surface area contributed by atoms with Crippen LogP contribution >= 0.6 is 11.5 Å². The van der Waals surface area contributed by atoms with Gasteiger partial charge in [0, 0.05) is 6.61 Å². The number of hydrogen-bond donors (Lipinski definition) is 1. The molecular formula is C8H12N2O3S. The Kier molecular flexibility index (Phi) is 3.17. The summed E-state index contributed by atoms with van der Waals surface area (Å²) in [7, 11) is 0. The number of hydrogen-bond acceptors (Lipinski definition) is 5. The molecule has 1 aromatic rings. The highest BCUT2D eigenvalue weighted by molar-refractivity contribution is 7.05. The topological polar surface area (TPSA) is 72.3 Å². The minimum absolute atomic E-state index is 0.321. The van der Waals surface area contributed by atoms with Crippen LogP contribution in [0.25, 0.3) is 0 Å². The second-order valence-electron chi connectivity index (χ2n) is 2.92. The molecule has 1 atom stereocenters. The fraction of sp³-hybridized carbons (Fsp3) is 0.625. The lowest BCUT2D eigenvalue weighted by Gasteiger charge is -2.21. The lowest BCUT2D eigenvalue weighted by molar-refractivity contribution is -0.164. The van der Waals surface area contributed by atoms with Crippen molar-refractivity contribution < 1.29 is 14.6 Å². The summed E-state index contributed by atoms with van der Waals surface area (Å²) in [6, 6.07) is 0. The van der Waals surface area contributed by atoms with Crippen molar-refractivity contribution in [1.82, 2.24) is 9.36 Å².